The molecule has 0 saturated heterocycles. The van der Waals surface area contributed by atoms with E-state index in [4.69, 9.17) is 18.9 Å². The number of hydrogen-bond acceptors (Lipinski definition) is 4. The fraction of sp³-hybridized carbons (Fsp3) is 1.00. The van der Waals surface area contributed by atoms with Crippen molar-refractivity contribution in [3.8, 4) is 0 Å². The zero-order valence-electron chi connectivity index (χ0n) is 17.2. The van der Waals surface area contributed by atoms with Crippen LogP contribution in [0.25, 0.3) is 0 Å². The summed E-state index contributed by atoms with van der Waals surface area (Å²) in [5, 5.41) is 0.870. The van der Waals surface area contributed by atoms with E-state index >= 15 is 0 Å². The van der Waals surface area contributed by atoms with Crippen molar-refractivity contribution in [2.45, 2.75) is 77.6 Å². The lowest BCUT2D eigenvalue weighted by Crippen LogP contribution is -2.12. The molecule has 0 N–H and O–H groups in total. The van der Waals surface area contributed by atoms with Crippen molar-refractivity contribution >= 4 is 15.9 Å². The highest BCUT2D eigenvalue weighted by Crippen LogP contribution is 2.11. The molecule has 0 heterocycles. The fourth-order valence-corrected chi connectivity index (χ4v) is 2.91. The molecule has 0 unspecified atom stereocenters. The quantitative estimate of drug-likeness (QED) is 0.150. The van der Waals surface area contributed by atoms with Gasteiger partial charge in [-0.3, -0.25) is 0 Å². The topological polar surface area (TPSA) is 36.9 Å². The van der Waals surface area contributed by atoms with E-state index in [1.165, 1.54) is 70.6 Å². The van der Waals surface area contributed by atoms with Gasteiger partial charge in [0.05, 0.1) is 46.2 Å². The summed E-state index contributed by atoms with van der Waals surface area (Å²) >= 11 is 3.31. The molecule has 0 amide bonds. The van der Waals surface area contributed by atoms with Crippen LogP contribution in [0.2, 0.25) is 0 Å². The van der Waals surface area contributed by atoms with Crippen LogP contribution in [0.4, 0.5) is 0 Å². The molecular weight excluding hydrogens is 396 g/mol. The molecule has 158 valence electrons. The minimum Gasteiger partial charge on any atom is -0.379 e. The van der Waals surface area contributed by atoms with E-state index in [0.29, 0.717) is 39.6 Å². The number of ether oxygens (including phenoxy) is 4. The highest BCUT2D eigenvalue weighted by molar-refractivity contribution is 9.09. The number of rotatable bonds is 23. The molecule has 4 nitrogen and oxygen atoms in total. The lowest BCUT2D eigenvalue weighted by atomic mass is 10.1. The molecule has 0 spiro atoms. The van der Waals surface area contributed by atoms with E-state index < -0.39 is 0 Å². The number of halogens is 1. The maximum absolute atomic E-state index is 5.60. The molecule has 0 aromatic rings. The summed E-state index contributed by atoms with van der Waals surface area (Å²) in [5.41, 5.74) is 0. The van der Waals surface area contributed by atoms with E-state index in [1.54, 1.807) is 0 Å². The lowest BCUT2D eigenvalue weighted by molar-refractivity contribution is -0.000538. The minimum atomic E-state index is 0.621. The Balaban J connectivity index is 2.95. The second-order valence-corrected chi connectivity index (χ2v) is 7.47. The third-order valence-electron chi connectivity index (χ3n) is 4.23. The number of hydrogen-bond donors (Lipinski definition) is 0. The Morgan fingerprint density at radius 1 is 0.423 bits per heavy atom. The van der Waals surface area contributed by atoms with Gasteiger partial charge in [0.25, 0.3) is 0 Å². The first-order chi connectivity index (χ1) is 12.9. The average Bonchev–Trinajstić information content (AvgIpc) is 2.66. The van der Waals surface area contributed by atoms with Crippen LogP contribution in [0.5, 0.6) is 0 Å². The van der Waals surface area contributed by atoms with Crippen molar-refractivity contribution in [2.75, 3.05) is 58.2 Å². The van der Waals surface area contributed by atoms with E-state index in [2.05, 4.69) is 22.9 Å². The van der Waals surface area contributed by atoms with Gasteiger partial charge in [-0.2, -0.15) is 0 Å². The molecule has 0 aromatic carbocycles. The summed E-state index contributed by atoms with van der Waals surface area (Å²) in [4.78, 5) is 0. The molecule has 0 bridgehead atoms. The van der Waals surface area contributed by atoms with Crippen molar-refractivity contribution in [2.24, 2.45) is 0 Å². The SMILES string of the molecule is CCCCCCCCCCCCCOCCOCCOCCOCCBr. The third-order valence-corrected chi connectivity index (χ3v) is 4.55. The Kier molecular flexibility index (Phi) is 25.6. The smallest absolute Gasteiger partial charge is 0.0701 e. The Hall–Kier alpha value is 0.320. The first-order valence-electron chi connectivity index (χ1n) is 10.8. The molecule has 0 rings (SSSR count). The summed E-state index contributed by atoms with van der Waals surface area (Å²) < 4.78 is 21.8. The molecule has 26 heavy (non-hydrogen) atoms. The van der Waals surface area contributed by atoms with Crippen LogP contribution in [0.3, 0.4) is 0 Å². The fourth-order valence-electron chi connectivity index (χ4n) is 2.68. The second-order valence-electron chi connectivity index (χ2n) is 6.67. The maximum atomic E-state index is 5.60. The molecule has 0 fully saturated rings. The first kappa shape index (κ1) is 26.3. The standard InChI is InChI=1S/C21H43BrO4/c1-2-3-4-5-6-7-8-9-10-11-12-14-23-16-18-25-20-21-26-19-17-24-15-13-22/h2-21H2,1H3. The summed E-state index contributed by atoms with van der Waals surface area (Å²) in [6, 6.07) is 0. The Morgan fingerprint density at radius 2 is 0.769 bits per heavy atom. The van der Waals surface area contributed by atoms with Crippen LogP contribution in [0.15, 0.2) is 0 Å². The van der Waals surface area contributed by atoms with Crippen LogP contribution in [0, 0.1) is 0 Å². The molecule has 0 radical (unpaired) electrons. The van der Waals surface area contributed by atoms with Crippen molar-refractivity contribution < 1.29 is 18.9 Å². The lowest BCUT2D eigenvalue weighted by Gasteiger charge is -2.07. The molecule has 0 aliphatic rings. The van der Waals surface area contributed by atoms with Gasteiger partial charge in [0, 0.05) is 11.9 Å². The monoisotopic (exact) mass is 438 g/mol. The molecular formula is C21H43BrO4. The van der Waals surface area contributed by atoms with Crippen molar-refractivity contribution in [3.63, 3.8) is 0 Å². The predicted molar refractivity (Wildman–Crippen MR) is 114 cm³/mol. The minimum absolute atomic E-state index is 0.621. The van der Waals surface area contributed by atoms with E-state index in [9.17, 15) is 0 Å². The van der Waals surface area contributed by atoms with Gasteiger partial charge in [-0.25, -0.2) is 0 Å². The van der Waals surface area contributed by atoms with Gasteiger partial charge in [-0.05, 0) is 6.42 Å². The van der Waals surface area contributed by atoms with Crippen LogP contribution >= 0.6 is 15.9 Å². The van der Waals surface area contributed by atoms with Crippen molar-refractivity contribution in [1.29, 1.82) is 0 Å². The van der Waals surface area contributed by atoms with E-state index in [1.807, 2.05) is 0 Å². The van der Waals surface area contributed by atoms with Gasteiger partial charge >= 0.3 is 0 Å². The summed E-state index contributed by atoms with van der Waals surface area (Å²) in [6.07, 6.45) is 15.1. The Morgan fingerprint density at radius 3 is 1.19 bits per heavy atom. The van der Waals surface area contributed by atoms with Crippen molar-refractivity contribution in [1.82, 2.24) is 0 Å². The highest BCUT2D eigenvalue weighted by atomic mass is 79.9. The molecule has 5 heteroatoms. The van der Waals surface area contributed by atoms with Crippen LogP contribution < -0.4 is 0 Å². The van der Waals surface area contributed by atoms with Crippen LogP contribution in [0.1, 0.15) is 77.6 Å². The zero-order chi connectivity index (χ0) is 19.0. The second kappa shape index (κ2) is 25.3. The Labute approximate surface area is 170 Å². The highest BCUT2D eigenvalue weighted by Gasteiger charge is 1.95. The average molecular weight is 439 g/mol. The first-order valence-corrected chi connectivity index (χ1v) is 11.9. The molecule has 0 saturated carbocycles. The van der Waals surface area contributed by atoms with E-state index in [0.717, 1.165) is 18.5 Å². The zero-order valence-corrected chi connectivity index (χ0v) is 18.7. The maximum Gasteiger partial charge on any atom is 0.0701 e. The molecule has 0 aliphatic carbocycles. The Bertz CT molecular complexity index is 218. The van der Waals surface area contributed by atoms with Crippen molar-refractivity contribution in [3.05, 3.63) is 0 Å². The van der Waals surface area contributed by atoms with Gasteiger partial charge in [0.2, 0.25) is 0 Å². The number of unbranched alkanes of at least 4 members (excludes halogenated alkanes) is 10. The van der Waals surface area contributed by atoms with E-state index in [-0.39, 0.29) is 0 Å². The molecule has 0 aliphatic heterocycles. The van der Waals surface area contributed by atoms with Crippen LogP contribution in [-0.4, -0.2) is 58.2 Å². The van der Waals surface area contributed by atoms with Gasteiger partial charge < -0.3 is 18.9 Å². The summed E-state index contributed by atoms with van der Waals surface area (Å²) in [7, 11) is 0. The molecule has 0 atom stereocenters. The summed E-state index contributed by atoms with van der Waals surface area (Å²) in [5.74, 6) is 0. The van der Waals surface area contributed by atoms with Gasteiger partial charge in [0.1, 0.15) is 0 Å². The normalized spacial score (nSPS) is 11.3. The summed E-state index contributed by atoms with van der Waals surface area (Å²) in [6.45, 7) is 7.74. The third kappa shape index (κ3) is 24.3. The van der Waals surface area contributed by atoms with Crippen LogP contribution in [-0.2, 0) is 18.9 Å². The van der Waals surface area contributed by atoms with Gasteiger partial charge in [-0.15, -0.1) is 0 Å². The predicted octanol–water partition coefficient (Wildman–Crippen LogP) is 5.76. The number of alkyl halides is 1. The largest absolute Gasteiger partial charge is 0.379 e. The van der Waals surface area contributed by atoms with Gasteiger partial charge in [-0.1, -0.05) is 87.1 Å². The molecule has 0 aromatic heterocycles. The van der Waals surface area contributed by atoms with Gasteiger partial charge in [0.15, 0.2) is 0 Å².